The predicted octanol–water partition coefficient (Wildman–Crippen LogP) is 5.63. The van der Waals surface area contributed by atoms with E-state index in [1.54, 1.807) is 0 Å². The quantitative estimate of drug-likeness (QED) is 0.360. The molecule has 0 bridgehead atoms. The molecule has 1 aliphatic rings. The Morgan fingerprint density at radius 2 is 1.43 bits per heavy atom. The average Bonchev–Trinajstić information content (AvgIpc) is 3.51. The van der Waals surface area contributed by atoms with E-state index in [1.807, 2.05) is 60.7 Å². The molecule has 0 aliphatic heterocycles. The van der Waals surface area contributed by atoms with E-state index >= 15 is 0 Å². The lowest BCUT2D eigenvalue weighted by Gasteiger charge is -2.18. The topological polar surface area (TPSA) is 41.5 Å². The molecule has 1 aliphatic carbocycles. The molecule has 1 unspecified atom stereocenters. The lowest BCUT2D eigenvalue weighted by atomic mass is 9.85. The molecule has 0 heterocycles. The van der Waals surface area contributed by atoms with Crippen LogP contribution in [-0.4, -0.2) is 10.5 Å². The number of hydrazone groups is 1. The third kappa shape index (κ3) is 3.69. The number of carbonyl (C=O) groups is 1. The fourth-order valence-corrected chi connectivity index (χ4v) is 4.31. The second-order valence-corrected chi connectivity index (χ2v) is 8.51. The first-order valence-electron chi connectivity index (χ1n) is 9.01. The zero-order valence-electron chi connectivity index (χ0n) is 15.0. The number of benzene rings is 3. The van der Waals surface area contributed by atoms with Gasteiger partial charge in [-0.2, -0.15) is 5.10 Å². The van der Waals surface area contributed by atoms with E-state index in [0.29, 0.717) is 4.62 Å². The summed E-state index contributed by atoms with van der Waals surface area (Å²) in [5.74, 6) is -0.215. The molecule has 140 valence electrons. The summed E-state index contributed by atoms with van der Waals surface area (Å²) in [6, 6.07) is 28.2. The molecule has 28 heavy (non-hydrogen) atoms. The Balaban J connectivity index is 1.56. The van der Waals surface area contributed by atoms with Gasteiger partial charge in [-0.3, -0.25) is 4.79 Å². The Morgan fingerprint density at radius 3 is 1.96 bits per heavy atom. The Kier molecular flexibility index (Phi) is 5.47. The normalized spacial score (nSPS) is 17.8. The van der Waals surface area contributed by atoms with Crippen LogP contribution in [0, 0.1) is 5.92 Å². The number of hydrogen-bond acceptors (Lipinski definition) is 2. The van der Waals surface area contributed by atoms with Gasteiger partial charge in [0.15, 0.2) is 0 Å². The number of hydrogen-bond donors (Lipinski definition) is 1. The molecule has 4 rings (SSSR count). The monoisotopic (exact) mass is 496 g/mol. The van der Waals surface area contributed by atoms with E-state index in [0.717, 1.165) is 27.6 Å². The minimum absolute atomic E-state index is 0.0678. The molecule has 1 atom stereocenters. The third-order valence-corrected chi connectivity index (χ3v) is 6.37. The minimum atomic E-state index is -0.286. The Hall–Kier alpha value is -2.24. The van der Waals surface area contributed by atoms with Gasteiger partial charge >= 0.3 is 0 Å². The van der Waals surface area contributed by atoms with Crippen LogP contribution in [0.5, 0.6) is 0 Å². The van der Waals surface area contributed by atoms with Crippen molar-refractivity contribution in [2.75, 3.05) is 0 Å². The Labute approximate surface area is 181 Å². The molecule has 0 aromatic heterocycles. The van der Waals surface area contributed by atoms with Crippen LogP contribution in [-0.2, 0) is 10.2 Å². The van der Waals surface area contributed by atoms with Gasteiger partial charge in [0.1, 0.15) is 4.62 Å². The van der Waals surface area contributed by atoms with Crippen molar-refractivity contribution >= 4 is 42.4 Å². The molecule has 0 saturated heterocycles. The van der Waals surface area contributed by atoms with Crippen molar-refractivity contribution in [3.05, 3.63) is 106 Å². The summed E-state index contributed by atoms with van der Waals surface area (Å²) in [5, 5.41) is 4.26. The van der Waals surface area contributed by atoms with Gasteiger partial charge in [0.2, 0.25) is 5.91 Å². The molecule has 3 nitrogen and oxygen atoms in total. The first kappa shape index (κ1) is 19.1. The highest BCUT2D eigenvalue weighted by molar-refractivity contribution is 9.18. The van der Waals surface area contributed by atoms with Crippen molar-refractivity contribution < 1.29 is 4.79 Å². The van der Waals surface area contributed by atoms with Crippen LogP contribution >= 0.6 is 31.9 Å². The van der Waals surface area contributed by atoms with Crippen molar-refractivity contribution in [2.45, 2.75) is 11.8 Å². The second-order valence-electron chi connectivity index (χ2n) is 6.85. The molecular formula is C23H18Br2N2O. The number of amides is 1. The molecule has 3 aromatic carbocycles. The van der Waals surface area contributed by atoms with Gasteiger partial charge in [-0.25, -0.2) is 5.43 Å². The first-order chi connectivity index (χ1) is 13.6. The number of rotatable bonds is 5. The lowest BCUT2D eigenvalue weighted by molar-refractivity contribution is -0.122. The lowest BCUT2D eigenvalue weighted by Crippen LogP contribution is -2.26. The van der Waals surface area contributed by atoms with E-state index < -0.39 is 0 Å². The van der Waals surface area contributed by atoms with E-state index in [9.17, 15) is 4.79 Å². The number of carbonyl (C=O) groups excluding carboxylic acids is 1. The van der Waals surface area contributed by atoms with Crippen molar-refractivity contribution in [3.63, 3.8) is 0 Å². The van der Waals surface area contributed by atoms with Crippen molar-refractivity contribution in [2.24, 2.45) is 11.0 Å². The molecule has 1 amide bonds. The van der Waals surface area contributed by atoms with Crippen LogP contribution in [0.25, 0.3) is 0 Å². The highest BCUT2D eigenvalue weighted by Gasteiger charge is 2.60. The second kappa shape index (κ2) is 8.02. The highest BCUT2D eigenvalue weighted by atomic mass is 79.9. The van der Waals surface area contributed by atoms with Gasteiger partial charge in [0, 0.05) is 15.5 Å². The summed E-state index contributed by atoms with van der Waals surface area (Å²) in [5.41, 5.74) is 5.68. The fourth-order valence-electron chi connectivity index (χ4n) is 3.69. The summed E-state index contributed by atoms with van der Waals surface area (Å²) in [6.07, 6.45) is 0.776. The number of nitrogens with one attached hydrogen (secondary N) is 1. The summed E-state index contributed by atoms with van der Waals surface area (Å²) >= 11 is 6.86. The van der Waals surface area contributed by atoms with Crippen molar-refractivity contribution in [3.8, 4) is 0 Å². The zero-order chi connectivity index (χ0) is 19.6. The van der Waals surface area contributed by atoms with Crippen LogP contribution < -0.4 is 5.43 Å². The zero-order valence-corrected chi connectivity index (χ0v) is 18.2. The van der Waals surface area contributed by atoms with Crippen LogP contribution in [0.15, 0.2) is 94.5 Å². The molecule has 1 fully saturated rings. The molecule has 0 spiro atoms. The number of halogens is 2. The SMILES string of the molecule is O=C(NN=C(Br)c1ccc(Br)cc1)C1CC1(c1ccccc1)c1ccccc1. The molecule has 3 aromatic rings. The van der Waals surface area contributed by atoms with E-state index in [-0.39, 0.29) is 17.2 Å². The van der Waals surface area contributed by atoms with Gasteiger partial charge in [-0.15, -0.1) is 0 Å². The van der Waals surface area contributed by atoms with E-state index in [1.165, 1.54) is 0 Å². The Bertz CT molecular complexity index is 962. The average molecular weight is 498 g/mol. The van der Waals surface area contributed by atoms with Gasteiger partial charge in [-0.1, -0.05) is 88.7 Å². The maximum atomic E-state index is 12.9. The standard InChI is InChI=1S/C23H18Br2N2O/c24-19-13-11-16(12-14-19)21(25)26-27-22(28)20-15-23(20,17-7-3-1-4-8-17)18-9-5-2-6-10-18/h1-14,20H,15H2,(H,27,28). The molecule has 1 saturated carbocycles. The summed E-state index contributed by atoms with van der Waals surface area (Å²) in [7, 11) is 0. The van der Waals surface area contributed by atoms with E-state index in [4.69, 9.17) is 0 Å². The van der Waals surface area contributed by atoms with Gasteiger partial charge in [0.25, 0.3) is 0 Å². The van der Waals surface area contributed by atoms with Gasteiger partial charge in [-0.05, 0) is 45.6 Å². The highest BCUT2D eigenvalue weighted by Crippen LogP contribution is 2.58. The third-order valence-electron chi connectivity index (χ3n) is 5.20. The largest absolute Gasteiger partial charge is 0.273 e. The fraction of sp³-hybridized carbons (Fsp3) is 0.130. The Morgan fingerprint density at radius 1 is 0.893 bits per heavy atom. The van der Waals surface area contributed by atoms with E-state index in [2.05, 4.69) is 66.7 Å². The van der Waals surface area contributed by atoms with Gasteiger partial charge in [0.05, 0.1) is 5.92 Å². The summed E-state index contributed by atoms with van der Waals surface area (Å²) in [4.78, 5) is 12.9. The first-order valence-corrected chi connectivity index (χ1v) is 10.6. The number of nitrogens with zero attached hydrogens (tertiary/aromatic N) is 1. The van der Waals surface area contributed by atoms with Crippen molar-refractivity contribution in [1.82, 2.24) is 5.43 Å². The predicted molar refractivity (Wildman–Crippen MR) is 120 cm³/mol. The summed E-state index contributed by atoms with van der Waals surface area (Å²) < 4.78 is 1.59. The summed E-state index contributed by atoms with van der Waals surface area (Å²) in [6.45, 7) is 0. The van der Waals surface area contributed by atoms with Crippen molar-refractivity contribution in [1.29, 1.82) is 0 Å². The molecule has 0 radical (unpaired) electrons. The molecule has 5 heteroatoms. The van der Waals surface area contributed by atoms with Crippen LogP contribution in [0.4, 0.5) is 0 Å². The van der Waals surface area contributed by atoms with Gasteiger partial charge < -0.3 is 0 Å². The smallest absolute Gasteiger partial charge is 0.244 e. The molecule has 1 N–H and O–H groups in total. The van der Waals surface area contributed by atoms with Crippen LogP contribution in [0.3, 0.4) is 0 Å². The minimum Gasteiger partial charge on any atom is -0.273 e. The maximum absolute atomic E-state index is 12.9. The maximum Gasteiger partial charge on any atom is 0.244 e. The molecular weight excluding hydrogens is 480 g/mol. The van der Waals surface area contributed by atoms with Crippen LogP contribution in [0.1, 0.15) is 23.1 Å². The van der Waals surface area contributed by atoms with Crippen LogP contribution in [0.2, 0.25) is 0 Å².